The maximum atomic E-state index is 12.5. The molecule has 0 unspecified atom stereocenters. The van der Waals surface area contributed by atoms with Crippen LogP contribution < -0.4 is 11.0 Å². The molecule has 1 amide bonds. The minimum Gasteiger partial charge on any atom is -0.350 e. The average Bonchev–Trinajstić information content (AvgIpc) is 2.89. The van der Waals surface area contributed by atoms with Gasteiger partial charge in [-0.2, -0.15) is 9.61 Å². The smallest absolute Gasteiger partial charge is 0.350 e. The molecule has 3 aromatic rings. The van der Waals surface area contributed by atoms with Crippen LogP contribution in [0.25, 0.3) is 5.65 Å². The summed E-state index contributed by atoms with van der Waals surface area (Å²) >= 11 is 7.40. The fraction of sp³-hybridized carbons (Fsp3) is 0.333. The number of halogens is 1. The monoisotopic (exact) mass is 405 g/mol. The van der Waals surface area contributed by atoms with E-state index < -0.39 is 5.69 Å². The minimum absolute atomic E-state index is 0.0260. The number of benzene rings is 1. The summed E-state index contributed by atoms with van der Waals surface area (Å²) in [5.41, 5.74) is 0.882. The third-order valence-electron chi connectivity index (χ3n) is 3.52. The molecular weight excluding hydrogens is 386 g/mol. The molecule has 7 nitrogen and oxygen atoms in total. The van der Waals surface area contributed by atoms with Gasteiger partial charge < -0.3 is 5.32 Å². The molecule has 0 fully saturated rings. The van der Waals surface area contributed by atoms with Gasteiger partial charge >= 0.3 is 5.69 Å². The van der Waals surface area contributed by atoms with Crippen LogP contribution in [0.4, 0.5) is 0 Å². The molecule has 0 aliphatic rings. The molecule has 2 heterocycles. The zero-order valence-corrected chi connectivity index (χ0v) is 16.8. The highest BCUT2D eigenvalue weighted by molar-refractivity contribution is 8.00. The number of nitrogens with one attached hydrogen (secondary N) is 1. The third kappa shape index (κ3) is 5.11. The molecule has 0 saturated carbocycles. The van der Waals surface area contributed by atoms with Crippen LogP contribution in [0.15, 0.2) is 46.2 Å². The summed E-state index contributed by atoms with van der Waals surface area (Å²) in [5.74, 6) is -0.306. The molecule has 0 aliphatic heterocycles. The Kier molecular flexibility index (Phi) is 5.57. The molecule has 27 heavy (non-hydrogen) atoms. The van der Waals surface area contributed by atoms with Crippen LogP contribution in [-0.2, 0) is 17.9 Å². The molecule has 2 aromatic heterocycles. The van der Waals surface area contributed by atoms with Gasteiger partial charge in [-0.1, -0.05) is 56.3 Å². The van der Waals surface area contributed by atoms with E-state index >= 15 is 0 Å². The predicted octanol–water partition coefficient (Wildman–Crippen LogP) is 2.75. The van der Waals surface area contributed by atoms with Crippen molar-refractivity contribution < 1.29 is 4.79 Å². The van der Waals surface area contributed by atoms with Crippen LogP contribution in [0, 0.1) is 0 Å². The fourth-order valence-corrected chi connectivity index (χ4v) is 3.37. The minimum atomic E-state index is -0.442. The second kappa shape index (κ2) is 7.74. The number of carbonyl (C=O) groups is 1. The van der Waals surface area contributed by atoms with E-state index in [2.05, 4.69) is 36.3 Å². The molecule has 0 bridgehead atoms. The standard InChI is InChI=1S/C18H20ClN5O2S/c1-18(2,3)27-16-9-8-14-21-23(17(26)24(14)22-16)11-15(25)20-10-12-4-6-13(19)7-5-12/h4-9H,10-11H2,1-3H3,(H,20,25). The third-order valence-corrected chi connectivity index (χ3v) is 4.81. The Morgan fingerprint density at radius 3 is 2.52 bits per heavy atom. The van der Waals surface area contributed by atoms with Crippen molar-refractivity contribution >= 4 is 34.9 Å². The molecular formula is C18H20ClN5O2S. The number of hydrogen-bond donors (Lipinski definition) is 1. The van der Waals surface area contributed by atoms with Gasteiger partial charge in [-0.05, 0) is 29.8 Å². The Balaban J connectivity index is 1.70. The Hall–Kier alpha value is -2.32. The number of thioether (sulfide) groups is 1. The highest BCUT2D eigenvalue weighted by Gasteiger charge is 2.16. The lowest BCUT2D eigenvalue weighted by Crippen LogP contribution is -2.32. The van der Waals surface area contributed by atoms with Crippen LogP contribution in [0.2, 0.25) is 5.02 Å². The highest BCUT2D eigenvalue weighted by Crippen LogP contribution is 2.29. The van der Waals surface area contributed by atoms with Gasteiger partial charge in [-0.15, -0.1) is 5.10 Å². The lowest BCUT2D eigenvalue weighted by atomic mass is 10.2. The van der Waals surface area contributed by atoms with Crippen LogP contribution in [0.1, 0.15) is 26.3 Å². The van der Waals surface area contributed by atoms with Crippen LogP contribution in [-0.4, -0.2) is 30.0 Å². The number of fused-ring (bicyclic) bond motifs is 1. The topological polar surface area (TPSA) is 81.3 Å². The summed E-state index contributed by atoms with van der Waals surface area (Å²) in [7, 11) is 0. The Morgan fingerprint density at radius 1 is 1.15 bits per heavy atom. The van der Waals surface area contributed by atoms with Crippen LogP contribution in [0.3, 0.4) is 0 Å². The SMILES string of the molecule is CC(C)(C)Sc1ccc2nn(CC(=O)NCc3ccc(Cl)cc3)c(=O)n2n1. The quantitative estimate of drug-likeness (QED) is 0.660. The maximum Gasteiger partial charge on any atom is 0.367 e. The normalized spacial score (nSPS) is 11.7. The van der Waals surface area contributed by atoms with E-state index in [4.69, 9.17) is 11.6 Å². The van der Waals surface area contributed by atoms with Crippen molar-refractivity contribution in [3.05, 3.63) is 57.5 Å². The van der Waals surface area contributed by atoms with E-state index in [1.54, 1.807) is 30.0 Å². The molecule has 9 heteroatoms. The van der Waals surface area contributed by atoms with Crippen molar-refractivity contribution in [2.24, 2.45) is 0 Å². The zero-order valence-electron chi connectivity index (χ0n) is 15.3. The molecule has 0 saturated heterocycles. The van der Waals surface area contributed by atoms with Gasteiger partial charge in [0.25, 0.3) is 0 Å². The summed E-state index contributed by atoms with van der Waals surface area (Å²) in [6, 6.07) is 10.7. The molecule has 0 spiro atoms. The second-order valence-corrected chi connectivity index (χ2v) is 9.28. The van der Waals surface area contributed by atoms with Crippen molar-refractivity contribution in [3.8, 4) is 0 Å². The van der Waals surface area contributed by atoms with Crippen LogP contribution >= 0.6 is 23.4 Å². The maximum absolute atomic E-state index is 12.5. The van der Waals surface area contributed by atoms with Crippen molar-refractivity contribution in [3.63, 3.8) is 0 Å². The molecule has 3 rings (SSSR count). The first-order chi connectivity index (χ1) is 12.7. The van der Waals surface area contributed by atoms with Gasteiger partial charge in [0.05, 0.1) is 0 Å². The lowest BCUT2D eigenvalue weighted by molar-refractivity contribution is -0.122. The summed E-state index contributed by atoms with van der Waals surface area (Å²) in [6.45, 7) is 6.39. The summed E-state index contributed by atoms with van der Waals surface area (Å²) in [4.78, 5) is 24.7. The van der Waals surface area contributed by atoms with Gasteiger partial charge in [0.15, 0.2) is 5.65 Å². The Bertz CT molecular complexity index is 1020. The number of carbonyl (C=O) groups excluding carboxylic acids is 1. The number of nitrogens with zero attached hydrogens (tertiary/aromatic N) is 4. The largest absolute Gasteiger partial charge is 0.367 e. The highest BCUT2D eigenvalue weighted by atomic mass is 35.5. The van der Waals surface area contributed by atoms with E-state index in [1.807, 2.05) is 18.2 Å². The van der Waals surface area contributed by atoms with Crippen LogP contribution in [0.5, 0.6) is 0 Å². The summed E-state index contributed by atoms with van der Waals surface area (Å²) in [5, 5.41) is 12.6. The van der Waals surface area contributed by atoms with Crippen molar-refractivity contribution in [1.29, 1.82) is 0 Å². The van der Waals surface area contributed by atoms with E-state index in [1.165, 1.54) is 4.52 Å². The van der Waals surface area contributed by atoms with Crippen molar-refractivity contribution in [1.82, 2.24) is 24.7 Å². The fourth-order valence-electron chi connectivity index (χ4n) is 2.36. The van der Waals surface area contributed by atoms with E-state index in [9.17, 15) is 9.59 Å². The van der Waals surface area contributed by atoms with Gasteiger partial charge in [-0.3, -0.25) is 4.79 Å². The van der Waals surface area contributed by atoms with Gasteiger partial charge in [0.1, 0.15) is 11.6 Å². The van der Waals surface area contributed by atoms with Gasteiger partial charge in [0, 0.05) is 16.3 Å². The average molecular weight is 406 g/mol. The predicted molar refractivity (Wildman–Crippen MR) is 106 cm³/mol. The first-order valence-corrected chi connectivity index (χ1v) is 9.58. The molecule has 0 aliphatic carbocycles. The van der Waals surface area contributed by atoms with Gasteiger partial charge in [-0.25, -0.2) is 9.48 Å². The molecule has 0 atom stereocenters. The molecule has 1 N–H and O–H groups in total. The summed E-state index contributed by atoms with van der Waals surface area (Å²) < 4.78 is 2.31. The van der Waals surface area contributed by atoms with Gasteiger partial charge in [0.2, 0.25) is 5.91 Å². The first-order valence-electron chi connectivity index (χ1n) is 8.38. The lowest BCUT2D eigenvalue weighted by Gasteiger charge is -2.16. The first kappa shape index (κ1) is 19.4. The molecule has 1 aromatic carbocycles. The van der Waals surface area contributed by atoms with E-state index in [0.717, 1.165) is 15.3 Å². The molecule has 0 radical (unpaired) electrons. The number of amides is 1. The Labute approximate surface area is 165 Å². The number of hydrogen-bond acceptors (Lipinski definition) is 5. The summed E-state index contributed by atoms with van der Waals surface area (Å²) in [6.07, 6.45) is 0. The van der Waals surface area contributed by atoms with E-state index in [-0.39, 0.29) is 17.2 Å². The van der Waals surface area contributed by atoms with E-state index in [0.29, 0.717) is 17.2 Å². The van der Waals surface area contributed by atoms with Crippen molar-refractivity contribution in [2.45, 2.75) is 43.6 Å². The second-order valence-electron chi connectivity index (χ2n) is 7.00. The Morgan fingerprint density at radius 2 is 1.85 bits per heavy atom. The number of aromatic nitrogens is 4. The number of rotatable bonds is 5. The zero-order chi connectivity index (χ0) is 19.6. The molecule has 142 valence electrons. The van der Waals surface area contributed by atoms with Crippen molar-refractivity contribution in [2.75, 3.05) is 0 Å².